The van der Waals surface area contributed by atoms with Gasteiger partial charge in [0.1, 0.15) is 5.82 Å². The first-order chi connectivity index (χ1) is 6.63. The maximum atomic E-state index is 12.6. The molecule has 0 aliphatic rings. The van der Waals surface area contributed by atoms with Gasteiger partial charge in [0.25, 0.3) is 0 Å². The van der Waals surface area contributed by atoms with Crippen LogP contribution in [0.1, 0.15) is 18.5 Å². The summed E-state index contributed by atoms with van der Waals surface area (Å²) in [5.74, 6) is -0.447. The van der Waals surface area contributed by atoms with Crippen molar-refractivity contribution in [2.75, 3.05) is 6.54 Å². The molecule has 14 heavy (non-hydrogen) atoms. The number of amides is 1. The minimum Gasteiger partial charge on any atom is -0.348 e. The topological polar surface area (TPSA) is 55.1 Å². The highest BCUT2D eigenvalue weighted by atomic mass is 19.1. The predicted octanol–water partition coefficient (Wildman–Crippen LogP) is 0.962. The molecule has 76 valence electrons. The Labute approximate surface area is 82.1 Å². The van der Waals surface area contributed by atoms with Crippen molar-refractivity contribution in [2.45, 2.75) is 13.0 Å². The van der Waals surface area contributed by atoms with E-state index < -0.39 is 0 Å². The van der Waals surface area contributed by atoms with Crippen molar-refractivity contribution in [1.29, 1.82) is 0 Å². The fraction of sp³-hybridized carbons (Fsp3) is 0.300. The molecule has 0 aromatic heterocycles. The van der Waals surface area contributed by atoms with E-state index >= 15 is 0 Å². The molecule has 0 aliphatic carbocycles. The number of carbonyl (C=O) groups excluding carboxylic acids is 1. The molecule has 0 bridgehead atoms. The quantitative estimate of drug-likeness (QED) is 0.756. The molecule has 0 heterocycles. The number of hydrogen-bond donors (Lipinski definition) is 2. The number of benzene rings is 1. The van der Waals surface area contributed by atoms with Crippen LogP contribution in [-0.4, -0.2) is 12.5 Å². The van der Waals surface area contributed by atoms with Crippen LogP contribution in [0.15, 0.2) is 24.3 Å². The molecule has 1 unspecified atom stereocenters. The Kier molecular flexibility index (Phi) is 3.59. The fourth-order valence-electron chi connectivity index (χ4n) is 1.22. The van der Waals surface area contributed by atoms with Crippen molar-refractivity contribution in [1.82, 2.24) is 5.32 Å². The first-order valence-electron chi connectivity index (χ1n) is 4.36. The molecular formula is C10H13FN2O. The van der Waals surface area contributed by atoms with Crippen molar-refractivity contribution >= 4 is 5.91 Å². The van der Waals surface area contributed by atoms with E-state index in [1.165, 1.54) is 19.1 Å². The Morgan fingerprint density at radius 2 is 2.07 bits per heavy atom. The van der Waals surface area contributed by atoms with Gasteiger partial charge >= 0.3 is 0 Å². The molecule has 0 radical (unpaired) electrons. The highest BCUT2D eigenvalue weighted by Gasteiger charge is 2.09. The van der Waals surface area contributed by atoms with Crippen LogP contribution in [0.2, 0.25) is 0 Å². The maximum absolute atomic E-state index is 12.6. The Balaban J connectivity index is 2.78. The summed E-state index contributed by atoms with van der Waals surface area (Å²) in [5.41, 5.74) is 6.29. The van der Waals surface area contributed by atoms with E-state index in [1.54, 1.807) is 12.1 Å². The number of carbonyl (C=O) groups is 1. The van der Waals surface area contributed by atoms with Gasteiger partial charge in [-0.3, -0.25) is 4.79 Å². The van der Waals surface area contributed by atoms with Gasteiger partial charge in [0.15, 0.2) is 0 Å². The van der Waals surface area contributed by atoms with Crippen molar-refractivity contribution in [3.8, 4) is 0 Å². The minimum absolute atomic E-state index is 0.148. The fourth-order valence-corrected chi connectivity index (χ4v) is 1.22. The third-order valence-electron chi connectivity index (χ3n) is 1.89. The lowest BCUT2D eigenvalue weighted by Gasteiger charge is -2.15. The van der Waals surface area contributed by atoms with Gasteiger partial charge in [-0.05, 0) is 17.7 Å². The van der Waals surface area contributed by atoms with Gasteiger partial charge in [-0.25, -0.2) is 4.39 Å². The SMILES string of the molecule is CC(=O)NC(CN)c1ccc(F)cc1. The predicted molar refractivity (Wildman–Crippen MR) is 52.0 cm³/mol. The van der Waals surface area contributed by atoms with Gasteiger partial charge in [-0.1, -0.05) is 12.1 Å². The summed E-state index contributed by atoms with van der Waals surface area (Å²) >= 11 is 0. The van der Waals surface area contributed by atoms with Crippen LogP contribution in [0, 0.1) is 5.82 Å². The molecule has 3 nitrogen and oxygen atoms in total. The highest BCUT2D eigenvalue weighted by molar-refractivity contribution is 5.73. The summed E-state index contributed by atoms with van der Waals surface area (Å²) in [4.78, 5) is 10.8. The van der Waals surface area contributed by atoms with Crippen molar-refractivity contribution in [2.24, 2.45) is 5.73 Å². The van der Waals surface area contributed by atoms with Crippen molar-refractivity contribution < 1.29 is 9.18 Å². The lowest BCUT2D eigenvalue weighted by molar-refractivity contribution is -0.119. The van der Waals surface area contributed by atoms with E-state index in [1.807, 2.05) is 0 Å². The average Bonchev–Trinajstić information content (AvgIpc) is 2.15. The van der Waals surface area contributed by atoms with Crippen LogP contribution in [0.3, 0.4) is 0 Å². The number of hydrogen-bond acceptors (Lipinski definition) is 2. The van der Waals surface area contributed by atoms with Gasteiger partial charge in [-0.15, -0.1) is 0 Å². The number of nitrogens with one attached hydrogen (secondary N) is 1. The summed E-state index contributed by atoms with van der Waals surface area (Å²) in [6, 6.07) is 5.68. The van der Waals surface area contributed by atoms with E-state index in [-0.39, 0.29) is 17.8 Å². The molecule has 4 heteroatoms. The van der Waals surface area contributed by atoms with Crippen LogP contribution in [-0.2, 0) is 4.79 Å². The monoisotopic (exact) mass is 196 g/mol. The lowest BCUT2D eigenvalue weighted by Crippen LogP contribution is -2.31. The molecule has 1 aromatic carbocycles. The van der Waals surface area contributed by atoms with Gasteiger partial charge < -0.3 is 11.1 Å². The summed E-state index contributed by atoms with van der Waals surface area (Å²) in [6.45, 7) is 1.72. The van der Waals surface area contributed by atoms with Gasteiger partial charge in [0.05, 0.1) is 6.04 Å². The van der Waals surface area contributed by atoms with Crippen LogP contribution >= 0.6 is 0 Å². The second-order valence-electron chi connectivity index (χ2n) is 3.04. The molecule has 0 spiro atoms. The lowest BCUT2D eigenvalue weighted by atomic mass is 10.1. The Morgan fingerprint density at radius 3 is 2.50 bits per heavy atom. The molecule has 1 amide bonds. The highest BCUT2D eigenvalue weighted by Crippen LogP contribution is 2.12. The first-order valence-corrected chi connectivity index (χ1v) is 4.36. The van der Waals surface area contributed by atoms with E-state index in [0.717, 1.165) is 5.56 Å². The van der Waals surface area contributed by atoms with E-state index in [0.29, 0.717) is 6.54 Å². The Morgan fingerprint density at radius 1 is 1.50 bits per heavy atom. The molecule has 1 aromatic rings. The van der Waals surface area contributed by atoms with Gasteiger partial charge in [-0.2, -0.15) is 0 Å². The van der Waals surface area contributed by atoms with Crippen LogP contribution in [0.25, 0.3) is 0 Å². The van der Waals surface area contributed by atoms with E-state index in [9.17, 15) is 9.18 Å². The van der Waals surface area contributed by atoms with Crippen molar-refractivity contribution in [3.05, 3.63) is 35.6 Å². The van der Waals surface area contributed by atoms with E-state index in [4.69, 9.17) is 5.73 Å². The zero-order valence-electron chi connectivity index (χ0n) is 7.96. The number of halogens is 1. The summed E-state index contributed by atoms with van der Waals surface area (Å²) in [5, 5.41) is 2.68. The maximum Gasteiger partial charge on any atom is 0.217 e. The molecule has 0 saturated heterocycles. The third-order valence-corrected chi connectivity index (χ3v) is 1.89. The smallest absolute Gasteiger partial charge is 0.217 e. The Bertz CT molecular complexity index is 310. The first kappa shape index (κ1) is 10.7. The second-order valence-corrected chi connectivity index (χ2v) is 3.04. The largest absolute Gasteiger partial charge is 0.348 e. The zero-order valence-corrected chi connectivity index (χ0v) is 7.96. The number of nitrogens with two attached hydrogens (primary N) is 1. The zero-order chi connectivity index (χ0) is 10.6. The van der Waals surface area contributed by atoms with Crippen molar-refractivity contribution in [3.63, 3.8) is 0 Å². The summed E-state index contributed by atoms with van der Waals surface area (Å²) < 4.78 is 12.6. The van der Waals surface area contributed by atoms with Gasteiger partial charge in [0, 0.05) is 13.5 Å². The molecule has 1 atom stereocenters. The normalized spacial score (nSPS) is 12.2. The summed E-state index contributed by atoms with van der Waals surface area (Å²) in [7, 11) is 0. The average molecular weight is 196 g/mol. The standard InChI is InChI=1S/C10H13FN2O/c1-7(14)13-10(6-12)8-2-4-9(11)5-3-8/h2-5,10H,6,12H2,1H3,(H,13,14). The van der Waals surface area contributed by atoms with E-state index in [2.05, 4.69) is 5.32 Å². The molecule has 0 aliphatic heterocycles. The number of rotatable bonds is 3. The van der Waals surface area contributed by atoms with Crippen LogP contribution < -0.4 is 11.1 Å². The summed E-state index contributed by atoms with van der Waals surface area (Å²) in [6.07, 6.45) is 0. The molecule has 3 N–H and O–H groups in total. The third kappa shape index (κ3) is 2.81. The second kappa shape index (κ2) is 4.72. The van der Waals surface area contributed by atoms with Gasteiger partial charge in [0.2, 0.25) is 5.91 Å². The van der Waals surface area contributed by atoms with Crippen LogP contribution in [0.5, 0.6) is 0 Å². The minimum atomic E-state index is -0.299. The molecule has 1 rings (SSSR count). The Hall–Kier alpha value is -1.42. The molecule has 0 saturated carbocycles. The molecular weight excluding hydrogens is 183 g/mol. The van der Waals surface area contributed by atoms with Crippen LogP contribution in [0.4, 0.5) is 4.39 Å². The molecule has 0 fully saturated rings.